The Hall–Kier alpha value is -1.05. The molecule has 0 aliphatic carbocycles. The van der Waals surface area contributed by atoms with Crippen molar-refractivity contribution < 1.29 is 9.53 Å². The molecule has 0 bridgehead atoms. The minimum absolute atomic E-state index is 0.161. The number of hydrogen-bond acceptors (Lipinski definition) is 2. The van der Waals surface area contributed by atoms with Gasteiger partial charge in [-0.1, -0.05) is 39.3 Å². The summed E-state index contributed by atoms with van der Waals surface area (Å²) in [6.07, 6.45) is 6.71. The predicted octanol–water partition coefficient (Wildman–Crippen LogP) is 4.23. The van der Waals surface area contributed by atoms with E-state index in [1.165, 1.54) is 6.26 Å². The second kappa shape index (κ2) is 7.26. The number of hydrogen-bond donors (Lipinski definition) is 0. The second-order valence-corrected chi connectivity index (χ2v) is 5.41. The summed E-state index contributed by atoms with van der Waals surface area (Å²) in [5, 5.41) is 0. The van der Waals surface area contributed by atoms with Crippen molar-refractivity contribution in [2.45, 2.75) is 53.4 Å². The van der Waals surface area contributed by atoms with Gasteiger partial charge in [-0.05, 0) is 31.3 Å². The number of unbranched alkanes of at least 4 members (excludes halogenated alkanes) is 1. The van der Waals surface area contributed by atoms with E-state index in [9.17, 15) is 4.79 Å². The molecule has 0 spiro atoms. The summed E-state index contributed by atoms with van der Waals surface area (Å²) in [4.78, 5) is 11.2. The number of carbonyl (C=O) groups is 1. The highest BCUT2D eigenvalue weighted by Gasteiger charge is 2.09. The number of esters is 1. The van der Waals surface area contributed by atoms with Gasteiger partial charge in [-0.15, -0.1) is 0 Å². The van der Waals surface area contributed by atoms with Crippen molar-refractivity contribution in [3.63, 3.8) is 0 Å². The average Bonchev–Trinajstić information content (AvgIpc) is 2.10. The third-order valence-corrected chi connectivity index (χ3v) is 2.11. The maximum Gasteiger partial charge on any atom is 0.310 e. The van der Waals surface area contributed by atoms with Crippen molar-refractivity contribution in [3.8, 4) is 0 Å². The van der Waals surface area contributed by atoms with Gasteiger partial charge in [0, 0.05) is 6.42 Å². The van der Waals surface area contributed by atoms with E-state index in [1.807, 2.05) is 6.92 Å². The van der Waals surface area contributed by atoms with Crippen molar-refractivity contribution in [3.05, 3.63) is 24.5 Å². The molecule has 0 aliphatic rings. The summed E-state index contributed by atoms with van der Waals surface area (Å²) in [6.45, 7) is 12.2. The molecule has 0 saturated heterocycles. The zero-order chi connectivity index (χ0) is 12.6. The Morgan fingerprint density at radius 2 is 1.94 bits per heavy atom. The lowest BCUT2D eigenvalue weighted by molar-refractivity contribution is -0.138. The average molecular weight is 224 g/mol. The van der Waals surface area contributed by atoms with Crippen molar-refractivity contribution in [2.75, 3.05) is 0 Å². The Morgan fingerprint density at radius 3 is 2.44 bits per heavy atom. The van der Waals surface area contributed by atoms with Gasteiger partial charge < -0.3 is 4.74 Å². The van der Waals surface area contributed by atoms with Gasteiger partial charge in [0.1, 0.15) is 0 Å². The second-order valence-electron chi connectivity index (χ2n) is 5.41. The molecule has 0 heterocycles. The van der Waals surface area contributed by atoms with Crippen LogP contribution in [0.4, 0.5) is 0 Å². The van der Waals surface area contributed by atoms with E-state index in [0.717, 1.165) is 24.8 Å². The molecule has 92 valence electrons. The fourth-order valence-corrected chi connectivity index (χ4v) is 1.21. The SMILES string of the molecule is C=C(C)C=COC(=O)CCCCC(C)(C)C. The Labute approximate surface area is 99.4 Å². The maximum atomic E-state index is 11.2. The Balaban J connectivity index is 3.56. The van der Waals surface area contributed by atoms with E-state index in [4.69, 9.17) is 4.74 Å². The monoisotopic (exact) mass is 224 g/mol. The van der Waals surface area contributed by atoms with Gasteiger partial charge in [-0.25, -0.2) is 0 Å². The van der Waals surface area contributed by atoms with Gasteiger partial charge >= 0.3 is 5.97 Å². The molecule has 0 aromatic heterocycles. The summed E-state index contributed by atoms with van der Waals surface area (Å²) in [5.41, 5.74) is 1.23. The van der Waals surface area contributed by atoms with Crippen LogP contribution >= 0.6 is 0 Å². The van der Waals surface area contributed by atoms with E-state index in [1.54, 1.807) is 6.08 Å². The zero-order valence-electron chi connectivity index (χ0n) is 11.0. The molecule has 2 nitrogen and oxygen atoms in total. The summed E-state index contributed by atoms with van der Waals surface area (Å²) in [5.74, 6) is -0.161. The van der Waals surface area contributed by atoms with Gasteiger partial charge in [0.15, 0.2) is 0 Å². The maximum absolute atomic E-state index is 11.2. The predicted molar refractivity (Wildman–Crippen MR) is 68.0 cm³/mol. The molecule has 2 heteroatoms. The first kappa shape index (κ1) is 14.9. The number of ether oxygens (including phenoxy) is 1. The fourth-order valence-electron chi connectivity index (χ4n) is 1.21. The van der Waals surface area contributed by atoms with Crippen molar-refractivity contribution >= 4 is 5.97 Å². The van der Waals surface area contributed by atoms with Crippen LogP contribution < -0.4 is 0 Å². The molecular formula is C14H24O2. The highest BCUT2D eigenvalue weighted by atomic mass is 16.5. The first-order valence-electron chi connectivity index (χ1n) is 5.83. The molecule has 0 atom stereocenters. The van der Waals surface area contributed by atoms with Gasteiger partial charge in [0.2, 0.25) is 0 Å². The first-order valence-corrected chi connectivity index (χ1v) is 5.83. The topological polar surface area (TPSA) is 26.3 Å². The smallest absolute Gasteiger partial charge is 0.310 e. The number of allylic oxidation sites excluding steroid dienone is 2. The summed E-state index contributed by atoms with van der Waals surface area (Å²) in [7, 11) is 0. The Morgan fingerprint density at radius 1 is 1.31 bits per heavy atom. The molecule has 0 radical (unpaired) electrons. The number of carbonyl (C=O) groups excluding carboxylic acids is 1. The summed E-state index contributed by atoms with van der Waals surface area (Å²) >= 11 is 0. The van der Waals surface area contributed by atoms with Crippen LogP contribution in [0.2, 0.25) is 0 Å². The van der Waals surface area contributed by atoms with Crippen LogP contribution in [0.3, 0.4) is 0 Å². The molecule has 0 fully saturated rings. The van der Waals surface area contributed by atoms with Crippen LogP contribution in [-0.4, -0.2) is 5.97 Å². The van der Waals surface area contributed by atoms with E-state index in [-0.39, 0.29) is 5.97 Å². The number of rotatable bonds is 6. The van der Waals surface area contributed by atoms with E-state index in [0.29, 0.717) is 11.8 Å². The van der Waals surface area contributed by atoms with Gasteiger partial charge in [-0.2, -0.15) is 0 Å². The molecule has 0 rings (SSSR count). The minimum atomic E-state index is -0.161. The molecule has 16 heavy (non-hydrogen) atoms. The quantitative estimate of drug-likeness (QED) is 0.292. The summed E-state index contributed by atoms with van der Waals surface area (Å²) in [6, 6.07) is 0. The third kappa shape index (κ3) is 11.0. The van der Waals surface area contributed by atoms with Crippen LogP contribution in [0.15, 0.2) is 24.5 Å². The summed E-state index contributed by atoms with van der Waals surface area (Å²) < 4.78 is 4.90. The van der Waals surface area contributed by atoms with Crippen LogP contribution in [0.25, 0.3) is 0 Å². The lowest BCUT2D eigenvalue weighted by Crippen LogP contribution is -2.05. The normalized spacial score (nSPS) is 11.8. The largest absolute Gasteiger partial charge is 0.434 e. The third-order valence-electron chi connectivity index (χ3n) is 2.11. The van der Waals surface area contributed by atoms with Gasteiger partial charge in [0.05, 0.1) is 6.26 Å². The van der Waals surface area contributed by atoms with Crippen LogP contribution in [-0.2, 0) is 9.53 Å². The van der Waals surface area contributed by atoms with E-state index < -0.39 is 0 Å². The molecule has 0 aliphatic heterocycles. The molecule has 0 amide bonds. The Bertz CT molecular complexity index is 256. The Kier molecular flexibility index (Phi) is 6.78. The van der Waals surface area contributed by atoms with Crippen molar-refractivity contribution in [1.82, 2.24) is 0 Å². The van der Waals surface area contributed by atoms with Crippen LogP contribution in [0.1, 0.15) is 53.4 Å². The minimum Gasteiger partial charge on any atom is -0.434 e. The van der Waals surface area contributed by atoms with E-state index >= 15 is 0 Å². The highest BCUT2D eigenvalue weighted by molar-refractivity contribution is 5.69. The van der Waals surface area contributed by atoms with Crippen LogP contribution in [0.5, 0.6) is 0 Å². The van der Waals surface area contributed by atoms with Crippen LogP contribution in [0, 0.1) is 5.41 Å². The lowest BCUT2D eigenvalue weighted by atomic mass is 9.89. The first-order chi connectivity index (χ1) is 7.31. The fraction of sp³-hybridized carbons (Fsp3) is 0.643. The van der Waals surface area contributed by atoms with Crippen molar-refractivity contribution in [2.24, 2.45) is 5.41 Å². The highest BCUT2D eigenvalue weighted by Crippen LogP contribution is 2.21. The zero-order valence-corrected chi connectivity index (χ0v) is 11.0. The molecule has 0 aromatic rings. The van der Waals surface area contributed by atoms with E-state index in [2.05, 4.69) is 27.4 Å². The molecule has 0 saturated carbocycles. The molecule has 0 aromatic carbocycles. The standard InChI is InChI=1S/C14H24O2/c1-12(2)9-11-16-13(15)8-6-7-10-14(3,4)5/h9,11H,1,6-8,10H2,2-5H3. The van der Waals surface area contributed by atoms with Gasteiger partial charge in [0.25, 0.3) is 0 Å². The molecule has 0 unspecified atom stereocenters. The lowest BCUT2D eigenvalue weighted by Gasteiger charge is -2.17. The van der Waals surface area contributed by atoms with Crippen molar-refractivity contribution in [1.29, 1.82) is 0 Å². The molecular weight excluding hydrogens is 200 g/mol. The molecule has 0 N–H and O–H groups in total. The van der Waals surface area contributed by atoms with Gasteiger partial charge in [-0.3, -0.25) is 4.79 Å².